The highest BCUT2D eigenvalue weighted by Gasteiger charge is 2.42. The van der Waals surface area contributed by atoms with Gasteiger partial charge >= 0.3 is 6.03 Å². The smallest absolute Gasteiger partial charge is 0.315 e. The minimum atomic E-state index is -0.269. The van der Waals surface area contributed by atoms with E-state index in [0.29, 0.717) is 24.7 Å². The monoisotopic (exact) mass is 268 g/mol. The average Bonchev–Trinajstić information content (AvgIpc) is 3.08. The largest absolute Gasteiger partial charge is 0.396 e. The van der Waals surface area contributed by atoms with E-state index in [1.807, 2.05) is 6.92 Å². The quantitative estimate of drug-likeness (QED) is 0.711. The number of nitrogens with one attached hydrogen (secondary N) is 2. The number of hydrogen-bond donors (Lipinski definition) is 3. The Hall–Kier alpha value is -1.63. The number of amides is 2. The summed E-state index contributed by atoms with van der Waals surface area (Å²) >= 11 is 0. The molecule has 1 aromatic heterocycles. The number of carbonyl (C=O) groups excluding carboxylic acids is 1. The van der Waals surface area contributed by atoms with Crippen molar-refractivity contribution in [1.29, 1.82) is 0 Å². The lowest BCUT2D eigenvalue weighted by atomic mass is 10.1. The minimum Gasteiger partial charge on any atom is -0.396 e. The second-order valence-corrected chi connectivity index (χ2v) is 5.12. The molecule has 0 bridgehead atoms. The van der Waals surface area contributed by atoms with E-state index in [2.05, 4.69) is 20.8 Å². The molecule has 106 valence electrons. The molecule has 2 rings (SSSR count). The first-order valence-corrected chi connectivity index (χ1v) is 6.54. The molecule has 1 aliphatic rings. The van der Waals surface area contributed by atoms with Crippen LogP contribution in [0.1, 0.15) is 43.9 Å². The molecule has 7 nitrogen and oxygen atoms in total. The van der Waals surface area contributed by atoms with Crippen molar-refractivity contribution in [2.24, 2.45) is 5.41 Å². The lowest BCUT2D eigenvalue weighted by molar-refractivity contribution is 0.201. The van der Waals surface area contributed by atoms with Crippen molar-refractivity contribution in [1.82, 2.24) is 20.8 Å². The van der Waals surface area contributed by atoms with Crippen molar-refractivity contribution in [2.75, 3.05) is 13.2 Å². The van der Waals surface area contributed by atoms with Gasteiger partial charge in [0.25, 0.3) is 0 Å². The Morgan fingerprint density at radius 3 is 2.79 bits per heavy atom. The number of aliphatic hydroxyl groups excluding tert-OH is 1. The van der Waals surface area contributed by atoms with E-state index in [1.54, 1.807) is 6.92 Å². The van der Waals surface area contributed by atoms with Gasteiger partial charge in [-0.15, -0.1) is 0 Å². The van der Waals surface area contributed by atoms with Gasteiger partial charge in [-0.2, -0.15) is 4.98 Å². The number of aryl methyl sites for hydroxylation is 1. The zero-order chi connectivity index (χ0) is 13.9. The van der Waals surface area contributed by atoms with E-state index in [9.17, 15) is 9.90 Å². The van der Waals surface area contributed by atoms with Gasteiger partial charge in [-0.3, -0.25) is 0 Å². The van der Waals surface area contributed by atoms with Crippen LogP contribution in [0.15, 0.2) is 4.52 Å². The molecule has 0 aliphatic heterocycles. The first-order valence-electron chi connectivity index (χ1n) is 6.54. The van der Waals surface area contributed by atoms with Crippen LogP contribution in [0.25, 0.3) is 0 Å². The standard InChI is InChI=1S/C12H20N4O3/c1-3-9(10-14-8(2)19-16-10)15-11(18)13-6-12(7-17)4-5-12/h9,17H,3-7H2,1-2H3,(H2,13,15,18). The Morgan fingerprint density at radius 2 is 2.32 bits per heavy atom. The van der Waals surface area contributed by atoms with Crippen LogP contribution in [-0.2, 0) is 0 Å². The summed E-state index contributed by atoms with van der Waals surface area (Å²) in [5, 5.41) is 18.6. The molecular weight excluding hydrogens is 248 g/mol. The number of aromatic nitrogens is 2. The average molecular weight is 268 g/mol. The zero-order valence-corrected chi connectivity index (χ0v) is 11.3. The van der Waals surface area contributed by atoms with Gasteiger partial charge in [-0.25, -0.2) is 4.79 Å². The maximum Gasteiger partial charge on any atom is 0.315 e. The van der Waals surface area contributed by atoms with Gasteiger partial charge in [-0.05, 0) is 19.3 Å². The van der Waals surface area contributed by atoms with E-state index < -0.39 is 0 Å². The van der Waals surface area contributed by atoms with E-state index in [0.717, 1.165) is 12.8 Å². The van der Waals surface area contributed by atoms with Crippen molar-refractivity contribution < 1.29 is 14.4 Å². The van der Waals surface area contributed by atoms with Crippen LogP contribution in [0.5, 0.6) is 0 Å². The molecule has 2 amide bonds. The minimum absolute atomic E-state index is 0.0955. The lowest BCUT2D eigenvalue weighted by Crippen LogP contribution is -2.41. The molecule has 19 heavy (non-hydrogen) atoms. The summed E-state index contributed by atoms with van der Waals surface area (Å²) < 4.78 is 4.90. The van der Waals surface area contributed by atoms with Crippen molar-refractivity contribution in [3.63, 3.8) is 0 Å². The van der Waals surface area contributed by atoms with Crippen molar-refractivity contribution in [3.05, 3.63) is 11.7 Å². The summed E-state index contributed by atoms with van der Waals surface area (Å²) in [4.78, 5) is 15.9. The lowest BCUT2D eigenvalue weighted by Gasteiger charge is -2.16. The van der Waals surface area contributed by atoms with Crippen LogP contribution in [0.3, 0.4) is 0 Å². The van der Waals surface area contributed by atoms with Gasteiger partial charge < -0.3 is 20.3 Å². The fraction of sp³-hybridized carbons (Fsp3) is 0.750. The highest BCUT2D eigenvalue weighted by atomic mass is 16.5. The third-order valence-electron chi connectivity index (χ3n) is 3.48. The summed E-state index contributed by atoms with van der Waals surface area (Å²) in [5.41, 5.74) is -0.0955. The third-order valence-corrected chi connectivity index (χ3v) is 3.48. The number of aliphatic hydroxyl groups is 1. The number of rotatable bonds is 6. The predicted octanol–water partition coefficient (Wildman–Crippen LogP) is 0.901. The summed E-state index contributed by atoms with van der Waals surface area (Å²) in [6, 6.07) is -0.532. The Labute approximate surface area is 111 Å². The Kier molecular flexibility index (Phi) is 4.04. The normalized spacial score (nSPS) is 17.8. The van der Waals surface area contributed by atoms with Gasteiger partial charge in [0.15, 0.2) is 5.82 Å². The van der Waals surface area contributed by atoms with Crippen LogP contribution in [-0.4, -0.2) is 34.4 Å². The van der Waals surface area contributed by atoms with Gasteiger partial charge in [0.05, 0.1) is 12.6 Å². The third kappa shape index (κ3) is 3.44. The Balaban J connectivity index is 1.83. The van der Waals surface area contributed by atoms with Gasteiger partial charge in [-0.1, -0.05) is 12.1 Å². The maximum atomic E-state index is 11.8. The van der Waals surface area contributed by atoms with Crippen LogP contribution < -0.4 is 10.6 Å². The Bertz CT molecular complexity index is 442. The molecule has 3 N–H and O–H groups in total. The number of hydrogen-bond acceptors (Lipinski definition) is 5. The fourth-order valence-corrected chi connectivity index (χ4v) is 1.85. The van der Waals surface area contributed by atoms with E-state index in [1.165, 1.54) is 0 Å². The molecule has 1 unspecified atom stereocenters. The van der Waals surface area contributed by atoms with Crippen LogP contribution >= 0.6 is 0 Å². The van der Waals surface area contributed by atoms with Crippen molar-refractivity contribution in [3.8, 4) is 0 Å². The van der Waals surface area contributed by atoms with Gasteiger partial charge in [0, 0.05) is 18.9 Å². The molecule has 1 fully saturated rings. The molecule has 7 heteroatoms. The van der Waals surface area contributed by atoms with Gasteiger partial charge in [0.2, 0.25) is 5.89 Å². The fourth-order valence-electron chi connectivity index (χ4n) is 1.85. The van der Waals surface area contributed by atoms with E-state index in [-0.39, 0.29) is 24.1 Å². The van der Waals surface area contributed by atoms with E-state index >= 15 is 0 Å². The summed E-state index contributed by atoms with van der Waals surface area (Å²) in [6.07, 6.45) is 2.60. The van der Waals surface area contributed by atoms with Crippen LogP contribution in [0, 0.1) is 12.3 Å². The van der Waals surface area contributed by atoms with Crippen LogP contribution in [0.4, 0.5) is 4.79 Å². The number of carbonyl (C=O) groups is 1. The van der Waals surface area contributed by atoms with Crippen LogP contribution in [0.2, 0.25) is 0 Å². The maximum absolute atomic E-state index is 11.8. The highest BCUT2D eigenvalue weighted by Crippen LogP contribution is 2.44. The number of urea groups is 1. The zero-order valence-electron chi connectivity index (χ0n) is 11.3. The van der Waals surface area contributed by atoms with Crippen molar-refractivity contribution >= 4 is 6.03 Å². The van der Waals surface area contributed by atoms with Crippen molar-refractivity contribution in [2.45, 2.75) is 39.2 Å². The highest BCUT2D eigenvalue weighted by molar-refractivity contribution is 5.74. The summed E-state index contributed by atoms with van der Waals surface area (Å²) in [5.74, 6) is 0.964. The molecule has 1 aliphatic carbocycles. The molecule has 1 aromatic rings. The molecule has 0 spiro atoms. The van der Waals surface area contributed by atoms with E-state index in [4.69, 9.17) is 4.52 Å². The van der Waals surface area contributed by atoms with Gasteiger partial charge in [0.1, 0.15) is 0 Å². The molecule has 1 atom stereocenters. The molecular formula is C12H20N4O3. The summed E-state index contributed by atoms with van der Waals surface area (Å²) in [7, 11) is 0. The molecule has 0 radical (unpaired) electrons. The molecule has 0 saturated heterocycles. The Morgan fingerprint density at radius 1 is 1.58 bits per heavy atom. The second kappa shape index (κ2) is 5.56. The molecule has 1 heterocycles. The molecule has 0 aromatic carbocycles. The second-order valence-electron chi connectivity index (χ2n) is 5.12. The summed E-state index contributed by atoms with van der Waals surface area (Å²) in [6.45, 7) is 4.26. The first kappa shape index (κ1) is 13.8. The topological polar surface area (TPSA) is 100 Å². The SMILES string of the molecule is CCC(NC(=O)NCC1(CO)CC1)c1noc(C)n1. The molecule has 1 saturated carbocycles. The first-order chi connectivity index (χ1) is 9.08. The predicted molar refractivity (Wildman–Crippen MR) is 67.4 cm³/mol. The number of nitrogens with zero attached hydrogens (tertiary/aromatic N) is 2.